The highest BCUT2D eigenvalue weighted by Crippen LogP contribution is 2.39. The summed E-state index contributed by atoms with van der Waals surface area (Å²) in [5, 5.41) is 8.69. The minimum absolute atomic E-state index is 0.0196. The summed E-state index contributed by atoms with van der Waals surface area (Å²) in [5.41, 5.74) is 10.3. The van der Waals surface area contributed by atoms with Crippen LogP contribution in [-0.4, -0.2) is 40.8 Å². The molecule has 2 aliphatic rings. The first-order valence-electron chi connectivity index (χ1n) is 13.0. The van der Waals surface area contributed by atoms with E-state index in [1.165, 1.54) is 7.11 Å². The number of hydrogen-bond acceptors (Lipinski definition) is 7. The highest BCUT2D eigenvalue weighted by molar-refractivity contribution is 6.06. The first-order valence-corrected chi connectivity index (χ1v) is 13.0. The van der Waals surface area contributed by atoms with Crippen LogP contribution in [0.2, 0.25) is 0 Å². The Morgan fingerprint density at radius 3 is 2.55 bits per heavy atom. The Hall–Kier alpha value is -4.03. The second-order valence-corrected chi connectivity index (χ2v) is 10.1. The lowest BCUT2D eigenvalue weighted by Crippen LogP contribution is -2.36. The van der Waals surface area contributed by atoms with Gasteiger partial charge in [-0.1, -0.05) is 6.07 Å². The van der Waals surface area contributed by atoms with Crippen molar-refractivity contribution in [2.75, 3.05) is 30.5 Å². The van der Waals surface area contributed by atoms with Crippen LogP contribution >= 0.6 is 0 Å². The standard InChI is InChI=1S/C28H32F3N7O2/c1-17-7-8-19(12-25(17)38-16-24(34-35-38)22-14-32-36(3)18(22)2)27(39)33-23-13-21(28(29,30)31)11-20(26(23)40-4)15-37-9-5-6-10-37/h7-8,11-14,16,34-35H,5-6,9-10,15H2,1-4H3,(H,33,39). The van der Waals surface area contributed by atoms with E-state index in [1.807, 2.05) is 27.1 Å². The molecule has 0 unspecified atom stereocenters. The lowest BCUT2D eigenvalue weighted by Gasteiger charge is -2.22. The lowest BCUT2D eigenvalue weighted by molar-refractivity contribution is -0.137. The average molecular weight is 556 g/mol. The van der Waals surface area contributed by atoms with Gasteiger partial charge in [0.15, 0.2) is 0 Å². The van der Waals surface area contributed by atoms with Crippen LogP contribution in [0, 0.1) is 13.8 Å². The van der Waals surface area contributed by atoms with Crippen molar-refractivity contribution in [2.24, 2.45) is 7.05 Å². The maximum absolute atomic E-state index is 13.8. The zero-order valence-electron chi connectivity index (χ0n) is 22.8. The summed E-state index contributed by atoms with van der Waals surface area (Å²) in [4.78, 5) is 15.5. The van der Waals surface area contributed by atoms with Crippen molar-refractivity contribution in [3.63, 3.8) is 0 Å². The molecular weight excluding hydrogens is 523 g/mol. The van der Waals surface area contributed by atoms with Crippen LogP contribution in [0.5, 0.6) is 5.75 Å². The minimum Gasteiger partial charge on any atom is -0.494 e. The van der Waals surface area contributed by atoms with E-state index in [0.717, 1.165) is 60.6 Å². The smallest absolute Gasteiger partial charge is 0.416 e. The molecule has 1 fully saturated rings. The van der Waals surface area contributed by atoms with Gasteiger partial charge in [0.05, 0.1) is 35.9 Å². The number of nitrogens with one attached hydrogen (secondary N) is 3. The zero-order chi connectivity index (χ0) is 28.6. The predicted molar refractivity (Wildman–Crippen MR) is 146 cm³/mol. The van der Waals surface area contributed by atoms with Gasteiger partial charge in [-0.3, -0.25) is 19.4 Å². The van der Waals surface area contributed by atoms with Gasteiger partial charge in [0.2, 0.25) is 0 Å². The van der Waals surface area contributed by atoms with Gasteiger partial charge in [0, 0.05) is 42.2 Å². The van der Waals surface area contributed by atoms with Gasteiger partial charge in [-0.2, -0.15) is 18.3 Å². The molecule has 9 nitrogen and oxygen atoms in total. The fourth-order valence-corrected chi connectivity index (χ4v) is 5.03. The molecule has 3 aromatic rings. The second kappa shape index (κ2) is 10.9. The van der Waals surface area contributed by atoms with Crippen molar-refractivity contribution in [1.82, 2.24) is 25.6 Å². The van der Waals surface area contributed by atoms with E-state index >= 15 is 0 Å². The number of aryl methyl sites for hydroxylation is 2. The van der Waals surface area contributed by atoms with Crippen LogP contribution in [-0.2, 0) is 19.8 Å². The summed E-state index contributed by atoms with van der Waals surface area (Å²) < 4.78 is 48.7. The van der Waals surface area contributed by atoms with Crippen molar-refractivity contribution in [3.8, 4) is 5.75 Å². The number of alkyl halides is 3. The molecule has 12 heteroatoms. The average Bonchev–Trinajstić information content (AvgIpc) is 3.67. The van der Waals surface area contributed by atoms with Gasteiger partial charge in [-0.15, -0.1) is 5.53 Å². The number of carbonyl (C=O) groups is 1. The van der Waals surface area contributed by atoms with Gasteiger partial charge in [-0.05, 0) is 69.6 Å². The quantitative estimate of drug-likeness (QED) is 0.388. The fourth-order valence-electron chi connectivity index (χ4n) is 5.03. The number of rotatable bonds is 7. The molecule has 0 aliphatic carbocycles. The summed E-state index contributed by atoms with van der Waals surface area (Å²) in [7, 11) is 3.26. The molecule has 5 rings (SSSR count). The normalized spacial score (nSPS) is 15.8. The molecule has 0 radical (unpaired) electrons. The number of anilines is 2. The van der Waals surface area contributed by atoms with Gasteiger partial charge in [0.1, 0.15) is 5.75 Å². The number of amides is 1. The highest BCUT2D eigenvalue weighted by Gasteiger charge is 2.33. The van der Waals surface area contributed by atoms with Gasteiger partial charge in [-0.25, -0.2) is 0 Å². The maximum atomic E-state index is 13.8. The molecule has 0 bridgehead atoms. The number of methoxy groups -OCH3 is 1. The van der Waals surface area contributed by atoms with Crippen molar-refractivity contribution < 1.29 is 22.7 Å². The maximum Gasteiger partial charge on any atom is 0.416 e. The van der Waals surface area contributed by atoms with Crippen LogP contribution in [0.4, 0.5) is 24.5 Å². The van der Waals surface area contributed by atoms with E-state index in [1.54, 1.807) is 34.1 Å². The van der Waals surface area contributed by atoms with Crippen LogP contribution in [0.1, 0.15) is 51.1 Å². The predicted octanol–water partition coefficient (Wildman–Crippen LogP) is 4.74. The molecule has 212 valence electrons. The minimum atomic E-state index is -4.58. The summed E-state index contributed by atoms with van der Waals surface area (Å²) in [6.07, 6.45) is 1.04. The number of carbonyl (C=O) groups excluding carboxylic acids is 1. The molecule has 3 heterocycles. The van der Waals surface area contributed by atoms with Crippen molar-refractivity contribution >= 4 is 23.0 Å². The van der Waals surface area contributed by atoms with E-state index in [-0.39, 0.29) is 17.0 Å². The zero-order valence-corrected chi connectivity index (χ0v) is 22.8. The highest BCUT2D eigenvalue weighted by atomic mass is 19.4. The fraction of sp³-hybridized carbons (Fsp3) is 0.357. The Morgan fingerprint density at radius 1 is 1.15 bits per heavy atom. The summed E-state index contributed by atoms with van der Waals surface area (Å²) >= 11 is 0. The van der Waals surface area contributed by atoms with E-state index in [0.29, 0.717) is 17.8 Å². The van der Waals surface area contributed by atoms with Crippen LogP contribution in [0.25, 0.3) is 5.70 Å². The number of benzene rings is 2. The van der Waals surface area contributed by atoms with E-state index in [4.69, 9.17) is 4.74 Å². The number of nitrogens with zero attached hydrogens (tertiary/aromatic N) is 4. The van der Waals surface area contributed by atoms with Crippen molar-refractivity contribution in [3.05, 3.63) is 76.2 Å². The van der Waals surface area contributed by atoms with Crippen LogP contribution < -0.4 is 26.0 Å². The molecule has 2 aromatic carbocycles. The first kappa shape index (κ1) is 27.5. The van der Waals surface area contributed by atoms with Crippen molar-refractivity contribution in [1.29, 1.82) is 0 Å². The number of ether oxygens (including phenoxy) is 1. The Bertz CT molecular complexity index is 1460. The first-order chi connectivity index (χ1) is 19.0. The molecule has 40 heavy (non-hydrogen) atoms. The molecular formula is C28H32F3N7O2. The molecule has 3 N–H and O–H groups in total. The third-order valence-electron chi connectivity index (χ3n) is 7.36. The number of hydrogen-bond donors (Lipinski definition) is 3. The molecule has 0 spiro atoms. The van der Waals surface area contributed by atoms with Gasteiger partial charge in [0.25, 0.3) is 5.91 Å². The van der Waals surface area contributed by atoms with E-state index < -0.39 is 17.6 Å². The van der Waals surface area contributed by atoms with E-state index in [2.05, 4.69) is 26.3 Å². The van der Waals surface area contributed by atoms with Crippen LogP contribution in [0.15, 0.2) is 42.7 Å². The Labute approximate surface area is 230 Å². The van der Waals surface area contributed by atoms with Gasteiger partial charge < -0.3 is 15.5 Å². The largest absolute Gasteiger partial charge is 0.494 e. The van der Waals surface area contributed by atoms with Gasteiger partial charge >= 0.3 is 6.18 Å². The topological polar surface area (TPSA) is 86.7 Å². The molecule has 1 aromatic heterocycles. The summed E-state index contributed by atoms with van der Waals surface area (Å²) in [6.45, 7) is 5.79. The number of halogens is 3. The summed E-state index contributed by atoms with van der Waals surface area (Å²) in [6, 6.07) is 7.14. The second-order valence-electron chi connectivity index (χ2n) is 10.1. The molecule has 2 aliphatic heterocycles. The van der Waals surface area contributed by atoms with Crippen LogP contribution in [0.3, 0.4) is 0 Å². The lowest BCUT2D eigenvalue weighted by atomic mass is 10.1. The monoisotopic (exact) mass is 555 g/mol. The SMILES string of the molecule is COc1c(CN2CCCC2)cc(C(F)(F)F)cc1NC(=O)c1ccc(C)c(N2C=C(c3cnn(C)c3C)NN2)c1. The Balaban J connectivity index is 1.43. The Morgan fingerprint density at radius 2 is 1.90 bits per heavy atom. The molecule has 1 amide bonds. The molecule has 0 atom stereocenters. The van der Waals surface area contributed by atoms with Crippen molar-refractivity contribution in [2.45, 2.75) is 39.4 Å². The van der Waals surface area contributed by atoms with E-state index in [9.17, 15) is 18.0 Å². The number of aromatic nitrogens is 2. The summed E-state index contributed by atoms with van der Waals surface area (Å²) in [5.74, 6) is -0.323. The number of hydrazine groups is 2. The Kier molecular flexibility index (Phi) is 7.47. The molecule has 0 saturated carbocycles. The number of likely N-dealkylation sites (tertiary alicyclic amines) is 1. The molecule has 1 saturated heterocycles. The third-order valence-corrected chi connectivity index (χ3v) is 7.36. The third kappa shape index (κ3) is 5.50.